The molecular formula is C14H18BrN3O2. The summed E-state index contributed by atoms with van der Waals surface area (Å²) in [6.07, 6.45) is 1.45. The highest BCUT2D eigenvalue weighted by Gasteiger charge is 2.26. The van der Waals surface area contributed by atoms with E-state index in [9.17, 15) is 4.79 Å². The largest absolute Gasteiger partial charge is 0.409 e. The fourth-order valence-electron chi connectivity index (χ4n) is 2.42. The molecule has 2 rings (SSSR count). The number of halogens is 1. The minimum absolute atomic E-state index is 0.0230. The number of carbonyl (C=O) groups excluding carboxylic acids is 1. The maximum absolute atomic E-state index is 12.5. The van der Waals surface area contributed by atoms with E-state index >= 15 is 0 Å². The quantitative estimate of drug-likeness (QED) is 0.375. The summed E-state index contributed by atoms with van der Waals surface area (Å²) >= 11 is 3.44. The summed E-state index contributed by atoms with van der Waals surface area (Å²) < 4.78 is 0.820. The number of benzene rings is 1. The number of rotatable bonds is 2. The zero-order chi connectivity index (χ0) is 14.7. The number of carbonyl (C=O) groups is 1. The maximum Gasteiger partial charge on any atom is 0.254 e. The van der Waals surface area contributed by atoms with Crippen LogP contribution >= 0.6 is 15.9 Å². The van der Waals surface area contributed by atoms with Crippen LogP contribution in [-0.4, -0.2) is 34.9 Å². The second-order valence-corrected chi connectivity index (χ2v) is 5.93. The molecule has 3 N–H and O–H groups in total. The summed E-state index contributed by atoms with van der Waals surface area (Å²) in [5.41, 5.74) is 7.40. The Morgan fingerprint density at radius 1 is 1.45 bits per heavy atom. The van der Waals surface area contributed by atoms with E-state index in [4.69, 9.17) is 10.9 Å². The van der Waals surface area contributed by atoms with Crippen molar-refractivity contribution in [2.24, 2.45) is 16.8 Å². The van der Waals surface area contributed by atoms with Crippen molar-refractivity contribution in [1.29, 1.82) is 0 Å². The predicted octanol–water partition coefficient (Wildman–Crippen LogP) is 2.36. The number of hydrogen-bond acceptors (Lipinski definition) is 3. The van der Waals surface area contributed by atoms with Gasteiger partial charge in [-0.05, 0) is 53.4 Å². The number of amides is 1. The lowest BCUT2D eigenvalue weighted by Gasteiger charge is -2.31. The highest BCUT2D eigenvalue weighted by molar-refractivity contribution is 9.10. The van der Waals surface area contributed by atoms with Crippen molar-refractivity contribution in [3.05, 3.63) is 33.8 Å². The molecule has 20 heavy (non-hydrogen) atoms. The second-order valence-electron chi connectivity index (χ2n) is 5.07. The van der Waals surface area contributed by atoms with Gasteiger partial charge in [-0.1, -0.05) is 11.2 Å². The molecule has 0 bridgehead atoms. The lowest BCUT2D eigenvalue weighted by atomic mass is 9.95. The van der Waals surface area contributed by atoms with Crippen molar-refractivity contribution in [2.75, 3.05) is 13.1 Å². The first-order valence-corrected chi connectivity index (χ1v) is 7.35. The molecule has 6 heteroatoms. The van der Waals surface area contributed by atoms with Gasteiger partial charge >= 0.3 is 0 Å². The van der Waals surface area contributed by atoms with Gasteiger partial charge in [0.2, 0.25) is 0 Å². The third-order valence-corrected chi connectivity index (χ3v) is 4.33. The van der Waals surface area contributed by atoms with Crippen molar-refractivity contribution < 1.29 is 10.0 Å². The van der Waals surface area contributed by atoms with Crippen molar-refractivity contribution in [1.82, 2.24) is 4.90 Å². The average molecular weight is 340 g/mol. The van der Waals surface area contributed by atoms with Crippen LogP contribution in [0.5, 0.6) is 0 Å². The molecule has 1 aliphatic heterocycles. The first kappa shape index (κ1) is 14.8. The molecule has 1 aliphatic rings. The minimum atomic E-state index is 0.0230. The van der Waals surface area contributed by atoms with Gasteiger partial charge in [-0.2, -0.15) is 0 Å². The van der Waals surface area contributed by atoms with Gasteiger partial charge in [0.15, 0.2) is 0 Å². The molecule has 1 aromatic carbocycles. The molecule has 1 amide bonds. The zero-order valence-corrected chi connectivity index (χ0v) is 12.9. The molecule has 0 spiro atoms. The highest BCUT2D eigenvalue weighted by atomic mass is 79.9. The van der Waals surface area contributed by atoms with Gasteiger partial charge in [0.25, 0.3) is 5.91 Å². The first-order valence-electron chi connectivity index (χ1n) is 6.55. The van der Waals surface area contributed by atoms with E-state index in [2.05, 4.69) is 21.1 Å². The second kappa shape index (κ2) is 6.26. The Labute approximate surface area is 126 Å². The van der Waals surface area contributed by atoms with Gasteiger partial charge in [-0.15, -0.1) is 0 Å². The topological polar surface area (TPSA) is 78.9 Å². The van der Waals surface area contributed by atoms with E-state index in [0.29, 0.717) is 18.7 Å². The number of nitrogens with two attached hydrogens (primary N) is 1. The van der Waals surface area contributed by atoms with Crippen LogP contribution in [0.2, 0.25) is 0 Å². The third-order valence-electron chi connectivity index (χ3n) is 3.67. The predicted molar refractivity (Wildman–Crippen MR) is 80.9 cm³/mol. The van der Waals surface area contributed by atoms with Crippen LogP contribution in [0.15, 0.2) is 27.8 Å². The van der Waals surface area contributed by atoms with Crippen LogP contribution in [0.3, 0.4) is 0 Å². The maximum atomic E-state index is 12.5. The molecule has 5 nitrogen and oxygen atoms in total. The Morgan fingerprint density at radius 3 is 2.65 bits per heavy atom. The number of hydrogen-bond donors (Lipinski definition) is 2. The Kier molecular flexibility index (Phi) is 4.65. The van der Waals surface area contributed by atoms with E-state index in [0.717, 1.165) is 22.9 Å². The Bertz CT molecular complexity index is 537. The standard InChI is InChI=1S/C14H18BrN3O2/c1-9-2-3-11(12(15)8-9)14(19)18-6-4-10(5-7-18)13(16)17-20/h2-3,8,10,20H,4-7H2,1H3,(H2,16,17). The molecular weight excluding hydrogens is 322 g/mol. The fourth-order valence-corrected chi connectivity index (χ4v) is 3.09. The number of piperidine rings is 1. The van der Waals surface area contributed by atoms with Crippen LogP contribution < -0.4 is 5.73 Å². The molecule has 0 aliphatic carbocycles. The van der Waals surface area contributed by atoms with Gasteiger partial charge < -0.3 is 15.8 Å². The summed E-state index contributed by atoms with van der Waals surface area (Å²) in [6, 6.07) is 5.72. The summed E-state index contributed by atoms with van der Waals surface area (Å²) in [5, 5.41) is 11.7. The first-order chi connectivity index (χ1) is 9.52. The third kappa shape index (κ3) is 3.12. The molecule has 1 aromatic rings. The van der Waals surface area contributed by atoms with Gasteiger partial charge in [0.05, 0.1) is 5.56 Å². The van der Waals surface area contributed by atoms with E-state index in [-0.39, 0.29) is 17.7 Å². The molecule has 0 atom stereocenters. The summed E-state index contributed by atoms with van der Waals surface area (Å²) in [4.78, 5) is 14.3. The highest BCUT2D eigenvalue weighted by Crippen LogP contribution is 2.23. The monoisotopic (exact) mass is 339 g/mol. The van der Waals surface area contributed by atoms with Crippen LogP contribution in [-0.2, 0) is 0 Å². The smallest absolute Gasteiger partial charge is 0.254 e. The lowest BCUT2D eigenvalue weighted by Crippen LogP contribution is -2.41. The molecule has 1 heterocycles. The van der Waals surface area contributed by atoms with Crippen LogP contribution in [0.1, 0.15) is 28.8 Å². The molecule has 0 saturated carbocycles. The Balaban J connectivity index is 2.05. The van der Waals surface area contributed by atoms with Crippen molar-refractivity contribution in [3.8, 4) is 0 Å². The van der Waals surface area contributed by atoms with Crippen molar-refractivity contribution in [3.63, 3.8) is 0 Å². The molecule has 1 fully saturated rings. The number of likely N-dealkylation sites (tertiary alicyclic amines) is 1. The lowest BCUT2D eigenvalue weighted by molar-refractivity contribution is 0.0708. The van der Waals surface area contributed by atoms with Gasteiger partial charge in [0, 0.05) is 23.5 Å². The van der Waals surface area contributed by atoms with E-state index in [1.807, 2.05) is 30.0 Å². The van der Waals surface area contributed by atoms with Crippen molar-refractivity contribution in [2.45, 2.75) is 19.8 Å². The molecule has 0 aromatic heterocycles. The van der Waals surface area contributed by atoms with Crippen LogP contribution in [0.25, 0.3) is 0 Å². The number of oxime groups is 1. The van der Waals surface area contributed by atoms with Crippen LogP contribution in [0.4, 0.5) is 0 Å². The fraction of sp³-hybridized carbons (Fsp3) is 0.429. The van der Waals surface area contributed by atoms with E-state index < -0.39 is 0 Å². The number of aryl methyl sites for hydroxylation is 1. The SMILES string of the molecule is Cc1ccc(C(=O)N2CCC(/C(N)=N/O)CC2)c(Br)c1. The molecule has 108 valence electrons. The van der Waals surface area contributed by atoms with E-state index in [1.165, 1.54) is 0 Å². The molecule has 0 unspecified atom stereocenters. The summed E-state index contributed by atoms with van der Waals surface area (Å²) in [7, 11) is 0. The van der Waals surface area contributed by atoms with Gasteiger partial charge in [-0.3, -0.25) is 4.79 Å². The Hall–Kier alpha value is -1.56. The van der Waals surface area contributed by atoms with Gasteiger partial charge in [-0.25, -0.2) is 0 Å². The minimum Gasteiger partial charge on any atom is -0.409 e. The Morgan fingerprint density at radius 2 is 2.10 bits per heavy atom. The van der Waals surface area contributed by atoms with Gasteiger partial charge in [0.1, 0.15) is 5.84 Å². The summed E-state index contributed by atoms with van der Waals surface area (Å²) in [6.45, 7) is 3.24. The molecule has 1 saturated heterocycles. The number of amidine groups is 1. The van der Waals surface area contributed by atoms with E-state index in [1.54, 1.807) is 0 Å². The number of nitrogens with zero attached hydrogens (tertiary/aromatic N) is 2. The average Bonchev–Trinajstić information content (AvgIpc) is 2.46. The zero-order valence-electron chi connectivity index (χ0n) is 11.3. The summed E-state index contributed by atoms with van der Waals surface area (Å²) in [5.74, 6) is 0.342. The van der Waals surface area contributed by atoms with Crippen molar-refractivity contribution >= 4 is 27.7 Å². The van der Waals surface area contributed by atoms with Crippen LogP contribution in [0, 0.1) is 12.8 Å². The molecule has 0 radical (unpaired) electrons. The normalized spacial score (nSPS) is 17.3.